The number of rotatable bonds is 2. The van der Waals surface area contributed by atoms with E-state index in [0.29, 0.717) is 5.69 Å². The third-order valence-electron chi connectivity index (χ3n) is 2.74. The van der Waals surface area contributed by atoms with Crippen molar-refractivity contribution < 1.29 is 19.1 Å². The first-order valence-corrected chi connectivity index (χ1v) is 5.53. The summed E-state index contributed by atoms with van der Waals surface area (Å²) in [4.78, 5) is 24.0. The number of amides is 2. The Kier molecular flexibility index (Phi) is 3.29. The van der Waals surface area contributed by atoms with E-state index in [2.05, 4.69) is 5.32 Å². The zero-order valence-electron chi connectivity index (χ0n) is 9.81. The van der Waals surface area contributed by atoms with Gasteiger partial charge in [0.05, 0.1) is 19.2 Å². The van der Waals surface area contributed by atoms with Crippen molar-refractivity contribution in [1.82, 2.24) is 5.32 Å². The molecule has 1 unspecified atom stereocenters. The predicted molar refractivity (Wildman–Crippen MR) is 62.4 cm³/mol. The Labute approximate surface area is 103 Å². The number of carbonyl (C=O) groups is 2. The lowest BCUT2D eigenvalue weighted by Gasteiger charge is -2.29. The molecule has 0 spiro atoms. The standard InChI is InChI=1S/C12H13FN2O3/c1-7(16)12-8(13)3-2-4-9(12)15-5-10(17)14-11(18)6-15/h2-4,7,16H,5-6H2,1H3,(H,14,17,18). The van der Waals surface area contributed by atoms with Gasteiger partial charge in [0.25, 0.3) is 0 Å². The van der Waals surface area contributed by atoms with Gasteiger partial charge in [-0.1, -0.05) is 6.07 Å². The normalized spacial score (nSPS) is 17.6. The predicted octanol–water partition coefficient (Wildman–Crippen LogP) is 0.342. The minimum Gasteiger partial charge on any atom is -0.389 e. The van der Waals surface area contributed by atoms with Crippen LogP contribution in [0.15, 0.2) is 18.2 Å². The second-order valence-corrected chi connectivity index (χ2v) is 4.18. The monoisotopic (exact) mass is 252 g/mol. The highest BCUT2D eigenvalue weighted by Crippen LogP contribution is 2.29. The van der Waals surface area contributed by atoms with Crippen LogP contribution in [0.25, 0.3) is 0 Å². The van der Waals surface area contributed by atoms with Crippen molar-refractivity contribution in [2.45, 2.75) is 13.0 Å². The zero-order valence-corrected chi connectivity index (χ0v) is 9.81. The summed E-state index contributed by atoms with van der Waals surface area (Å²) in [6, 6.07) is 4.29. The summed E-state index contributed by atoms with van der Waals surface area (Å²) in [5.74, 6) is -1.43. The molecule has 6 heteroatoms. The smallest absolute Gasteiger partial charge is 0.246 e. The van der Waals surface area contributed by atoms with Crippen LogP contribution in [0.3, 0.4) is 0 Å². The average Bonchev–Trinajstić information content (AvgIpc) is 2.26. The highest BCUT2D eigenvalue weighted by Gasteiger charge is 2.26. The summed E-state index contributed by atoms with van der Waals surface area (Å²) in [5, 5.41) is 11.8. The molecule has 1 atom stereocenters. The fraction of sp³-hybridized carbons (Fsp3) is 0.333. The van der Waals surface area contributed by atoms with Gasteiger partial charge in [0.2, 0.25) is 11.8 Å². The van der Waals surface area contributed by atoms with E-state index in [0.717, 1.165) is 0 Å². The molecule has 1 fully saturated rings. The lowest BCUT2D eigenvalue weighted by atomic mass is 10.1. The Balaban J connectivity index is 2.41. The molecule has 1 aromatic rings. The lowest BCUT2D eigenvalue weighted by molar-refractivity contribution is -0.130. The number of aliphatic hydroxyl groups excluding tert-OH is 1. The quantitative estimate of drug-likeness (QED) is 0.745. The molecular weight excluding hydrogens is 239 g/mol. The Morgan fingerprint density at radius 3 is 2.50 bits per heavy atom. The molecule has 1 heterocycles. The molecule has 0 aliphatic carbocycles. The van der Waals surface area contributed by atoms with E-state index in [1.165, 1.54) is 24.0 Å². The number of aliphatic hydroxyl groups is 1. The van der Waals surface area contributed by atoms with Crippen LogP contribution >= 0.6 is 0 Å². The first-order valence-electron chi connectivity index (χ1n) is 5.53. The molecule has 0 saturated carbocycles. The Bertz CT molecular complexity index is 486. The van der Waals surface area contributed by atoms with Crippen LogP contribution < -0.4 is 10.2 Å². The number of carbonyl (C=O) groups excluding carboxylic acids is 2. The molecule has 0 radical (unpaired) electrons. The molecule has 18 heavy (non-hydrogen) atoms. The molecule has 5 nitrogen and oxygen atoms in total. The van der Waals surface area contributed by atoms with Gasteiger partial charge in [0, 0.05) is 11.3 Å². The summed E-state index contributed by atoms with van der Waals surface area (Å²) < 4.78 is 13.7. The van der Waals surface area contributed by atoms with Crippen LogP contribution in [0.4, 0.5) is 10.1 Å². The van der Waals surface area contributed by atoms with Gasteiger partial charge in [0.1, 0.15) is 5.82 Å². The Morgan fingerprint density at radius 2 is 1.94 bits per heavy atom. The van der Waals surface area contributed by atoms with E-state index in [1.54, 1.807) is 6.07 Å². The number of hydrogen-bond acceptors (Lipinski definition) is 4. The van der Waals surface area contributed by atoms with Crippen LogP contribution in [0.5, 0.6) is 0 Å². The number of halogens is 1. The molecule has 0 aromatic heterocycles. The van der Waals surface area contributed by atoms with E-state index in [4.69, 9.17) is 0 Å². The maximum atomic E-state index is 13.7. The van der Waals surface area contributed by atoms with E-state index < -0.39 is 23.7 Å². The van der Waals surface area contributed by atoms with Gasteiger partial charge in [-0.15, -0.1) is 0 Å². The van der Waals surface area contributed by atoms with Crippen LogP contribution in [0, 0.1) is 5.82 Å². The van der Waals surface area contributed by atoms with Crippen molar-refractivity contribution in [3.8, 4) is 0 Å². The maximum absolute atomic E-state index is 13.7. The second kappa shape index (κ2) is 4.73. The lowest BCUT2D eigenvalue weighted by Crippen LogP contribution is -2.51. The van der Waals surface area contributed by atoms with E-state index in [9.17, 15) is 19.1 Å². The summed E-state index contributed by atoms with van der Waals surface area (Å²) in [6.45, 7) is 1.37. The molecule has 2 N–H and O–H groups in total. The van der Waals surface area contributed by atoms with E-state index in [1.807, 2.05) is 0 Å². The van der Waals surface area contributed by atoms with E-state index >= 15 is 0 Å². The highest BCUT2D eigenvalue weighted by molar-refractivity contribution is 6.02. The third-order valence-corrected chi connectivity index (χ3v) is 2.74. The first-order chi connectivity index (χ1) is 8.49. The molecule has 1 aliphatic rings. The van der Waals surface area contributed by atoms with Crippen molar-refractivity contribution in [2.24, 2.45) is 0 Å². The molecule has 1 aromatic carbocycles. The molecule has 1 saturated heterocycles. The number of piperazine rings is 1. The number of nitrogens with zero attached hydrogens (tertiary/aromatic N) is 1. The fourth-order valence-electron chi connectivity index (χ4n) is 2.02. The van der Waals surface area contributed by atoms with Crippen molar-refractivity contribution in [3.05, 3.63) is 29.6 Å². The number of anilines is 1. The number of hydrogen-bond donors (Lipinski definition) is 2. The maximum Gasteiger partial charge on any atom is 0.246 e. The van der Waals surface area contributed by atoms with Crippen LogP contribution in [0.2, 0.25) is 0 Å². The number of benzene rings is 1. The van der Waals surface area contributed by atoms with Crippen molar-refractivity contribution in [2.75, 3.05) is 18.0 Å². The summed E-state index contributed by atoms with van der Waals surface area (Å²) in [5.41, 5.74) is 0.466. The van der Waals surface area contributed by atoms with Crippen LogP contribution in [-0.2, 0) is 9.59 Å². The highest BCUT2D eigenvalue weighted by atomic mass is 19.1. The third kappa shape index (κ3) is 2.33. The Morgan fingerprint density at radius 1 is 1.33 bits per heavy atom. The van der Waals surface area contributed by atoms with Crippen molar-refractivity contribution >= 4 is 17.5 Å². The molecule has 2 rings (SSSR count). The topological polar surface area (TPSA) is 69.6 Å². The molecule has 0 bridgehead atoms. The van der Waals surface area contributed by atoms with Gasteiger partial charge < -0.3 is 10.0 Å². The van der Waals surface area contributed by atoms with Gasteiger partial charge in [-0.2, -0.15) is 0 Å². The minimum absolute atomic E-state index is 0.0328. The van der Waals surface area contributed by atoms with E-state index in [-0.39, 0.29) is 18.7 Å². The SMILES string of the molecule is CC(O)c1c(F)cccc1N1CC(=O)NC(=O)C1. The van der Waals surface area contributed by atoms with Gasteiger partial charge in [0.15, 0.2) is 0 Å². The van der Waals surface area contributed by atoms with Gasteiger partial charge in [-0.05, 0) is 19.1 Å². The Hall–Kier alpha value is -1.95. The molecule has 96 valence electrons. The molecule has 1 aliphatic heterocycles. The first kappa shape index (κ1) is 12.5. The minimum atomic E-state index is -1.01. The summed E-state index contributed by atoms with van der Waals surface area (Å²) >= 11 is 0. The fourth-order valence-corrected chi connectivity index (χ4v) is 2.02. The zero-order chi connectivity index (χ0) is 13.3. The van der Waals surface area contributed by atoms with Gasteiger partial charge in [-0.25, -0.2) is 4.39 Å². The summed E-state index contributed by atoms with van der Waals surface area (Å²) in [7, 11) is 0. The van der Waals surface area contributed by atoms with Gasteiger partial charge in [-0.3, -0.25) is 14.9 Å². The van der Waals surface area contributed by atoms with Crippen molar-refractivity contribution in [1.29, 1.82) is 0 Å². The molecular formula is C12H13FN2O3. The van der Waals surface area contributed by atoms with Crippen molar-refractivity contribution in [3.63, 3.8) is 0 Å². The van der Waals surface area contributed by atoms with Crippen LogP contribution in [0.1, 0.15) is 18.6 Å². The molecule has 2 amide bonds. The second-order valence-electron chi connectivity index (χ2n) is 4.18. The number of nitrogens with one attached hydrogen (secondary N) is 1. The average molecular weight is 252 g/mol. The largest absolute Gasteiger partial charge is 0.389 e. The number of imide groups is 1. The van der Waals surface area contributed by atoms with Crippen LogP contribution in [-0.4, -0.2) is 30.0 Å². The summed E-state index contributed by atoms with van der Waals surface area (Å²) in [6.07, 6.45) is -1.01. The van der Waals surface area contributed by atoms with Gasteiger partial charge >= 0.3 is 0 Å².